The van der Waals surface area contributed by atoms with Crippen LogP contribution in [-0.4, -0.2) is 35.8 Å². The summed E-state index contributed by atoms with van der Waals surface area (Å²) >= 11 is 6.03. The number of hydrogen-bond donors (Lipinski definition) is 0. The van der Waals surface area contributed by atoms with Crippen molar-refractivity contribution in [2.24, 2.45) is 0 Å². The number of rotatable bonds is 0. The molecule has 0 N–H and O–H groups in total. The number of fused-ring (bicyclic) bond motifs is 4. The second kappa shape index (κ2) is 5.05. The number of anilines is 2. The molecule has 0 aromatic carbocycles. The number of halogens is 1. The average molecular weight is 310 g/mol. The van der Waals surface area contributed by atoms with Crippen molar-refractivity contribution in [2.45, 2.75) is 45.3 Å². The van der Waals surface area contributed by atoms with Gasteiger partial charge in [0.1, 0.15) is 10.8 Å². The number of carbonyl (C=O) groups is 1. The van der Waals surface area contributed by atoms with Crippen molar-refractivity contribution in [3.8, 4) is 0 Å². The quantitative estimate of drug-likeness (QED) is 0.689. The van der Waals surface area contributed by atoms with Crippen molar-refractivity contribution in [2.75, 3.05) is 22.9 Å². The molecule has 2 aliphatic rings. The van der Waals surface area contributed by atoms with Crippen molar-refractivity contribution >= 4 is 29.2 Å². The predicted molar refractivity (Wildman–Crippen MR) is 83.2 cm³/mol. The van der Waals surface area contributed by atoms with Gasteiger partial charge in [-0.2, -0.15) is 0 Å². The Kier molecular flexibility index (Phi) is 3.48. The molecule has 0 radical (unpaired) electrons. The van der Waals surface area contributed by atoms with Crippen LogP contribution in [0.4, 0.5) is 16.3 Å². The summed E-state index contributed by atoms with van der Waals surface area (Å²) in [6, 6.07) is 3.80. The Bertz CT molecular complexity index is 571. The smallest absolute Gasteiger partial charge is 0.416 e. The van der Waals surface area contributed by atoms with E-state index in [-0.39, 0.29) is 12.1 Å². The number of carbonyl (C=O) groups excluding carboxylic acids is 1. The molecule has 3 heterocycles. The van der Waals surface area contributed by atoms with Crippen LogP contribution >= 0.6 is 11.6 Å². The van der Waals surface area contributed by atoms with Crippen LogP contribution in [0, 0.1) is 0 Å². The van der Waals surface area contributed by atoms with Gasteiger partial charge in [0.2, 0.25) is 0 Å². The van der Waals surface area contributed by atoms with Crippen molar-refractivity contribution in [1.82, 2.24) is 4.98 Å². The first kappa shape index (κ1) is 14.4. The van der Waals surface area contributed by atoms with Gasteiger partial charge in [-0.3, -0.25) is 4.90 Å². The SMILES string of the molecule is CC(C)(C)OC(=O)N1c2nc(Cl)ccc2N2CCC[C@@H]1C2. The number of amides is 1. The summed E-state index contributed by atoms with van der Waals surface area (Å²) in [5, 5.41) is 0.392. The maximum absolute atomic E-state index is 12.6. The molecule has 2 aliphatic heterocycles. The Labute approximate surface area is 129 Å². The third-order valence-corrected chi connectivity index (χ3v) is 3.95. The molecule has 6 heteroatoms. The lowest BCUT2D eigenvalue weighted by atomic mass is 10.00. The third-order valence-electron chi connectivity index (χ3n) is 3.74. The monoisotopic (exact) mass is 309 g/mol. The summed E-state index contributed by atoms with van der Waals surface area (Å²) in [6.07, 6.45) is 1.68. The van der Waals surface area contributed by atoms with E-state index in [1.165, 1.54) is 0 Å². The molecular weight excluding hydrogens is 290 g/mol. The first-order chi connectivity index (χ1) is 9.85. The normalized spacial score (nSPS) is 21.0. The Balaban J connectivity index is 2.01. The Morgan fingerprint density at radius 1 is 1.43 bits per heavy atom. The van der Waals surface area contributed by atoms with Gasteiger partial charge in [-0.1, -0.05) is 11.6 Å². The summed E-state index contributed by atoms with van der Waals surface area (Å²) in [5.74, 6) is 0.618. The number of aromatic nitrogens is 1. The van der Waals surface area contributed by atoms with Crippen molar-refractivity contribution < 1.29 is 9.53 Å². The van der Waals surface area contributed by atoms with Gasteiger partial charge in [-0.25, -0.2) is 9.78 Å². The lowest BCUT2D eigenvalue weighted by Crippen LogP contribution is -2.56. The zero-order chi connectivity index (χ0) is 15.2. The van der Waals surface area contributed by atoms with Gasteiger partial charge in [-0.15, -0.1) is 0 Å². The molecule has 5 nitrogen and oxygen atoms in total. The molecule has 1 aromatic rings. The van der Waals surface area contributed by atoms with Gasteiger partial charge >= 0.3 is 6.09 Å². The third kappa shape index (κ3) is 2.79. The Morgan fingerprint density at radius 3 is 2.90 bits per heavy atom. The van der Waals surface area contributed by atoms with E-state index in [1.54, 1.807) is 11.0 Å². The Hall–Kier alpha value is -1.49. The van der Waals surface area contributed by atoms with Gasteiger partial charge in [0.25, 0.3) is 0 Å². The van der Waals surface area contributed by atoms with Crippen molar-refractivity contribution in [3.63, 3.8) is 0 Å². The molecule has 0 aliphatic carbocycles. The second-order valence-electron chi connectivity index (χ2n) is 6.57. The van der Waals surface area contributed by atoms with Crippen LogP contribution in [0.2, 0.25) is 5.15 Å². The highest BCUT2D eigenvalue weighted by atomic mass is 35.5. The molecule has 1 aromatic heterocycles. The van der Waals surface area contributed by atoms with Crippen LogP contribution in [-0.2, 0) is 4.74 Å². The minimum atomic E-state index is -0.526. The van der Waals surface area contributed by atoms with Crippen LogP contribution < -0.4 is 9.80 Å². The van der Waals surface area contributed by atoms with Gasteiger partial charge in [0.15, 0.2) is 5.82 Å². The van der Waals surface area contributed by atoms with Gasteiger partial charge in [-0.05, 0) is 45.7 Å². The highest BCUT2D eigenvalue weighted by Crippen LogP contribution is 2.39. The molecule has 0 spiro atoms. The lowest BCUT2D eigenvalue weighted by molar-refractivity contribution is 0.0558. The van der Waals surface area contributed by atoms with Crippen molar-refractivity contribution in [1.29, 1.82) is 0 Å². The molecule has 2 bridgehead atoms. The molecule has 1 amide bonds. The molecule has 1 saturated heterocycles. The Morgan fingerprint density at radius 2 is 2.19 bits per heavy atom. The number of piperidine rings is 1. The lowest BCUT2D eigenvalue weighted by Gasteiger charge is -2.45. The van der Waals surface area contributed by atoms with Gasteiger partial charge in [0, 0.05) is 13.1 Å². The molecule has 3 rings (SSSR count). The number of hydrogen-bond acceptors (Lipinski definition) is 4. The minimum Gasteiger partial charge on any atom is -0.443 e. The molecular formula is C15H20ClN3O2. The summed E-state index contributed by atoms with van der Waals surface area (Å²) in [5.41, 5.74) is 0.433. The van der Waals surface area contributed by atoms with Gasteiger partial charge in [0.05, 0.1) is 11.7 Å². The van der Waals surface area contributed by atoms with E-state index >= 15 is 0 Å². The van der Waals surface area contributed by atoms with E-state index in [2.05, 4.69) is 9.88 Å². The van der Waals surface area contributed by atoms with E-state index in [0.29, 0.717) is 11.0 Å². The first-order valence-electron chi connectivity index (χ1n) is 7.29. The van der Waals surface area contributed by atoms with E-state index < -0.39 is 5.60 Å². The van der Waals surface area contributed by atoms with E-state index in [4.69, 9.17) is 16.3 Å². The van der Waals surface area contributed by atoms with Crippen LogP contribution in [0.5, 0.6) is 0 Å². The van der Waals surface area contributed by atoms with Crippen molar-refractivity contribution in [3.05, 3.63) is 17.3 Å². The van der Waals surface area contributed by atoms with Crippen LogP contribution in [0.3, 0.4) is 0 Å². The first-order valence-corrected chi connectivity index (χ1v) is 7.67. The minimum absolute atomic E-state index is 0.104. The standard InChI is InChI=1S/C15H20ClN3O2/c1-15(2,3)21-14(20)19-10-5-4-8-18(9-10)11-6-7-12(16)17-13(11)19/h6-7,10H,4-5,8-9H2,1-3H3/t10-/m1/s1. The number of ether oxygens (including phenoxy) is 1. The van der Waals surface area contributed by atoms with Crippen LogP contribution in [0.25, 0.3) is 0 Å². The predicted octanol–water partition coefficient (Wildman–Crippen LogP) is 3.46. The molecule has 0 saturated carbocycles. The zero-order valence-electron chi connectivity index (χ0n) is 12.6. The molecule has 0 unspecified atom stereocenters. The fourth-order valence-corrected chi connectivity index (χ4v) is 3.09. The van der Waals surface area contributed by atoms with E-state index in [1.807, 2.05) is 26.8 Å². The number of pyridine rings is 1. The summed E-state index contributed by atoms with van der Waals surface area (Å²) in [4.78, 5) is 20.9. The largest absolute Gasteiger partial charge is 0.443 e. The second-order valence-corrected chi connectivity index (χ2v) is 6.96. The topological polar surface area (TPSA) is 45.7 Å². The summed E-state index contributed by atoms with van der Waals surface area (Å²) in [7, 11) is 0. The molecule has 114 valence electrons. The molecule has 1 atom stereocenters. The fourth-order valence-electron chi connectivity index (χ4n) is 2.95. The summed E-state index contributed by atoms with van der Waals surface area (Å²) < 4.78 is 5.55. The maximum atomic E-state index is 12.6. The highest BCUT2D eigenvalue weighted by Gasteiger charge is 2.40. The van der Waals surface area contributed by atoms with E-state index in [0.717, 1.165) is 31.6 Å². The zero-order valence-corrected chi connectivity index (χ0v) is 13.4. The number of nitrogens with zero attached hydrogens (tertiary/aromatic N) is 3. The van der Waals surface area contributed by atoms with Crippen LogP contribution in [0.1, 0.15) is 33.6 Å². The fraction of sp³-hybridized carbons (Fsp3) is 0.600. The van der Waals surface area contributed by atoms with Crippen LogP contribution in [0.15, 0.2) is 12.1 Å². The maximum Gasteiger partial charge on any atom is 0.416 e. The van der Waals surface area contributed by atoms with Gasteiger partial charge < -0.3 is 9.64 Å². The molecule has 1 fully saturated rings. The average Bonchev–Trinajstić information content (AvgIpc) is 2.36. The molecule has 21 heavy (non-hydrogen) atoms. The van der Waals surface area contributed by atoms with E-state index in [9.17, 15) is 4.79 Å². The summed E-state index contributed by atoms with van der Waals surface area (Å²) in [6.45, 7) is 7.43. The highest BCUT2D eigenvalue weighted by molar-refractivity contribution is 6.29.